The van der Waals surface area contributed by atoms with E-state index in [1.165, 1.54) is 12.1 Å². The maximum atomic E-state index is 13.1. The number of ketones is 1. The van der Waals surface area contributed by atoms with E-state index in [0.717, 1.165) is 12.0 Å². The minimum absolute atomic E-state index is 0.0487. The Bertz CT molecular complexity index is 863. The van der Waals surface area contributed by atoms with Gasteiger partial charge in [-0.15, -0.1) is 0 Å². The van der Waals surface area contributed by atoms with E-state index in [9.17, 15) is 14.3 Å². The first-order chi connectivity index (χ1) is 12.3. The molecule has 0 atom stereocenters. The highest BCUT2D eigenvalue weighted by atomic mass is 19.1. The molecule has 0 bridgehead atoms. The van der Waals surface area contributed by atoms with Gasteiger partial charge in [0.1, 0.15) is 23.1 Å². The van der Waals surface area contributed by atoms with E-state index in [1.807, 2.05) is 32.9 Å². The minimum atomic E-state index is -0.329. The molecule has 0 saturated carbocycles. The van der Waals surface area contributed by atoms with Crippen LogP contribution in [-0.2, 0) is 11.2 Å². The summed E-state index contributed by atoms with van der Waals surface area (Å²) in [6.45, 7) is 5.97. The molecule has 0 unspecified atom stereocenters. The van der Waals surface area contributed by atoms with Gasteiger partial charge < -0.3 is 9.84 Å². The van der Waals surface area contributed by atoms with Gasteiger partial charge in [-0.2, -0.15) is 0 Å². The second-order valence-corrected chi connectivity index (χ2v) is 7.49. The quantitative estimate of drug-likeness (QED) is 0.750. The van der Waals surface area contributed by atoms with Gasteiger partial charge in [0.2, 0.25) is 0 Å². The molecule has 0 spiro atoms. The van der Waals surface area contributed by atoms with E-state index in [4.69, 9.17) is 4.74 Å². The molecule has 1 aliphatic carbocycles. The number of Topliss-reactive ketones (excluding diaryl/α,β-unsaturated/α-hetero) is 1. The van der Waals surface area contributed by atoms with Crippen molar-refractivity contribution in [2.45, 2.75) is 40.0 Å². The van der Waals surface area contributed by atoms with Crippen molar-refractivity contribution in [2.24, 2.45) is 5.41 Å². The summed E-state index contributed by atoms with van der Waals surface area (Å²) in [6, 6.07) is 11.3. The molecule has 1 aliphatic rings. The Morgan fingerprint density at radius 2 is 1.73 bits per heavy atom. The van der Waals surface area contributed by atoms with Gasteiger partial charge in [0.25, 0.3) is 0 Å². The van der Waals surface area contributed by atoms with Crippen molar-refractivity contribution in [3.63, 3.8) is 0 Å². The maximum Gasteiger partial charge on any atom is 0.167 e. The first kappa shape index (κ1) is 18.2. The number of halogens is 1. The second kappa shape index (κ2) is 6.94. The lowest BCUT2D eigenvalue weighted by Crippen LogP contribution is -2.25. The average molecular weight is 354 g/mol. The topological polar surface area (TPSA) is 46.5 Å². The number of allylic oxidation sites excluding steroid dienone is 2. The summed E-state index contributed by atoms with van der Waals surface area (Å²) in [7, 11) is 0. The molecule has 0 saturated heterocycles. The van der Waals surface area contributed by atoms with E-state index in [2.05, 4.69) is 0 Å². The van der Waals surface area contributed by atoms with Crippen LogP contribution in [0.1, 0.15) is 44.7 Å². The molecule has 0 heterocycles. The fourth-order valence-electron chi connectivity index (χ4n) is 3.39. The molecule has 2 aromatic carbocycles. The van der Waals surface area contributed by atoms with Crippen molar-refractivity contribution in [1.82, 2.24) is 0 Å². The van der Waals surface area contributed by atoms with Crippen LogP contribution in [0.2, 0.25) is 0 Å². The molecule has 0 aliphatic heterocycles. The van der Waals surface area contributed by atoms with Gasteiger partial charge in [0.05, 0.1) is 5.57 Å². The SMILES string of the molecule is CCc1ccc(Oc2ccc(F)cc2)cc1C1=C(O)CC(C)(C)CC1=O. The van der Waals surface area contributed by atoms with Crippen LogP contribution in [-0.4, -0.2) is 10.9 Å². The van der Waals surface area contributed by atoms with Gasteiger partial charge in [0, 0.05) is 12.8 Å². The first-order valence-electron chi connectivity index (χ1n) is 8.81. The molecule has 2 aromatic rings. The molecular formula is C22H23FO3. The highest BCUT2D eigenvalue weighted by Gasteiger charge is 2.34. The molecule has 1 N–H and O–H groups in total. The van der Waals surface area contributed by atoms with Gasteiger partial charge in [-0.05, 0) is 59.4 Å². The van der Waals surface area contributed by atoms with Crippen LogP contribution in [0.25, 0.3) is 5.57 Å². The number of hydrogen-bond donors (Lipinski definition) is 1. The number of aliphatic hydroxyl groups excluding tert-OH is 1. The Balaban J connectivity index is 2.01. The number of carbonyl (C=O) groups is 1. The molecule has 0 aromatic heterocycles. The van der Waals surface area contributed by atoms with E-state index < -0.39 is 0 Å². The lowest BCUT2D eigenvalue weighted by molar-refractivity contribution is -0.116. The molecular weight excluding hydrogens is 331 g/mol. The molecule has 0 radical (unpaired) electrons. The lowest BCUT2D eigenvalue weighted by atomic mass is 9.74. The molecule has 26 heavy (non-hydrogen) atoms. The van der Waals surface area contributed by atoms with Gasteiger partial charge >= 0.3 is 0 Å². The van der Waals surface area contributed by atoms with Crippen LogP contribution in [0, 0.1) is 11.2 Å². The molecule has 0 fully saturated rings. The number of aryl methyl sites for hydroxylation is 1. The van der Waals surface area contributed by atoms with Gasteiger partial charge in [-0.1, -0.05) is 26.8 Å². The van der Waals surface area contributed by atoms with Gasteiger partial charge in [0.15, 0.2) is 5.78 Å². The average Bonchev–Trinajstić information content (AvgIpc) is 2.55. The number of ether oxygens (including phenoxy) is 1. The third-order valence-electron chi connectivity index (χ3n) is 4.63. The van der Waals surface area contributed by atoms with Crippen molar-refractivity contribution < 1.29 is 19.0 Å². The van der Waals surface area contributed by atoms with Crippen LogP contribution in [0.5, 0.6) is 11.5 Å². The standard InChI is InChI=1S/C22H23FO3/c1-4-14-5-8-17(26-16-9-6-15(23)7-10-16)11-18(14)21-19(24)12-22(2,3)13-20(21)25/h5-11,24H,4,12-13H2,1-3H3. The summed E-state index contributed by atoms with van der Waals surface area (Å²) in [4.78, 5) is 12.7. The van der Waals surface area contributed by atoms with Crippen LogP contribution in [0.4, 0.5) is 4.39 Å². The molecule has 3 rings (SSSR count). The third kappa shape index (κ3) is 3.79. The second-order valence-electron chi connectivity index (χ2n) is 7.49. The predicted octanol–water partition coefficient (Wildman–Crippen LogP) is 5.84. The van der Waals surface area contributed by atoms with Gasteiger partial charge in [-0.25, -0.2) is 4.39 Å². The number of hydrogen-bond acceptors (Lipinski definition) is 3. The van der Waals surface area contributed by atoms with E-state index >= 15 is 0 Å². The van der Waals surface area contributed by atoms with Crippen molar-refractivity contribution in [1.29, 1.82) is 0 Å². The Labute approximate surface area is 153 Å². The Kier molecular flexibility index (Phi) is 4.86. The molecule has 0 amide bonds. The summed E-state index contributed by atoms with van der Waals surface area (Å²) < 4.78 is 18.8. The third-order valence-corrected chi connectivity index (χ3v) is 4.63. The highest BCUT2D eigenvalue weighted by molar-refractivity contribution is 6.22. The number of carbonyl (C=O) groups excluding carboxylic acids is 1. The summed E-state index contributed by atoms with van der Waals surface area (Å²) in [5.41, 5.74) is 1.85. The largest absolute Gasteiger partial charge is 0.512 e. The van der Waals surface area contributed by atoms with Crippen molar-refractivity contribution in [3.8, 4) is 11.5 Å². The maximum absolute atomic E-state index is 13.1. The Morgan fingerprint density at radius 3 is 2.35 bits per heavy atom. The van der Waals surface area contributed by atoms with Crippen molar-refractivity contribution in [2.75, 3.05) is 0 Å². The van der Waals surface area contributed by atoms with Crippen LogP contribution in [0.15, 0.2) is 48.2 Å². The number of aliphatic hydroxyl groups is 1. The van der Waals surface area contributed by atoms with Crippen LogP contribution in [0.3, 0.4) is 0 Å². The van der Waals surface area contributed by atoms with Crippen LogP contribution >= 0.6 is 0 Å². The fourth-order valence-corrected chi connectivity index (χ4v) is 3.39. The molecule has 136 valence electrons. The van der Waals surface area contributed by atoms with E-state index in [-0.39, 0.29) is 22.8 Å². The Hall–Kier alpha value is -2.62. The van der Waals surface area contributed by atoms with Gasteiger partial charge in [-0.3, -0.25) is 4.79 Å². The van der Waals surface area contributed by atoms with E-state index in [1.54, 1.807) is 18.2 Å². The monoisotopic (exact) mass is 354 g/mol. The lowest BCUT2D eigenvalue weighted by Gasteiger charge is -2.30. The van der Waals surface area contributed by atoms with E-state index in [0.29, 0.717) is 35.5 Å². The summed E-state index contributed by atoms with van der Waals surface area (Å²) in [5, 5.41) is 10.5. The number of rotatable bonds is 4. The number of benzene rings is 2. The highest BCUT2D eigenvalue weighted by Crippen LogP contribution is 2.41. The fraction of sp³-hybridized carbons (Fsp3) is 0.318. The first-order valence-corrected chi connectivity index (χ1v) is 8.81. The zero-order valence-corrected chi connectivity index (χ0v) is 15.3. The van der Waals surface area contributed by atoms with Crippen LogP contribution < -0.4 is 4.74 Å². The Morgan fingerprint density at radius 1 is 1.08 bits per heavy atom. The summed E-state index contributed by atoms with van der Waals surface area (Å²) >= 11 is 0. The van der Waals surface area contributed by atoms with Crippen molar-refractivity contribution in [3.05, 3.63) is 65.2 Å². The minimum Gasteiger partial charge on any atom is -0.512 e. The summed E-state index contributed by atoms with van der Waals surface area (Å²) in [5.74, 6) is 0.815. The van der Waals surface area contributed by atoms with Crippen molar-refractivity contribution >= 4 is 11.4 Å². The zero-order valence-electron chi connectivity index (χ0n) is 15.3. The smallest absolute Gasteiger partial charge is 0.167 e. The zero-order chi connectivity index (χ0) is 18.9. The normalized spacial score (nSPS) is 16.7. The molecule has 4 heteroatoms. The summed E-state index contributed by atoms with van der Waals surface area (Å²) in [6.07, 6.45) is 1.61. The molecule has 3 nitrogen and oxygen atoms in total. The predicted molar refractivity (Wildman–Crippen MR) is 99.9 cm³/mol.